The van der Waals surface area contributed by atoms with Crippen molar-refractivity contribution in [2.24, 2.45) is 0 Å². The first-order valence-electron chi connectivity index (χ1n) is 8.35. The first kappa shape index (κ1) is 18.4. The molecule has 0 aromatic heterocycles. The number of anilines is 1. The molecule has 1 fully saturated rings. The summed E-state index contributed by atoms with van der Waals surface area (Å²) in [6.45, 7) is 2.32. The number of ether oxygens (including phenoxy) is 1. The normalized spacial score (nSPS) is 17.9. The van der Waals surface area contributed by atoms with E-state index in [0.717, 1.165) is 17.7 Å². The van der Waals surface area contributed by atoms with Crippen LogP contribution in [0.2, 0.25) is 0 Å². The van der Waals surface area contributed by atoms with Gasteiger partial charge in [-0.05, 0) is 29.8 Å². The van der Waals surface area contributed by atoms with Crippen molar-refractivity contribution in [3.8, 4) is 0 Å². The number of hydrogen-bond donors (Lipinski definition) is 1. The smallest absolute Gasteiger partial charge is 0.225 e. The third kappa shape index (κ3) is 4.83. The fraction of sp³-hybridized carbons (Fsp3) is 0.316. The van der Waals surface area contributed by atoms with Crippen molar-refractivity contribution in [3.63, 3.8) is 0 Å². The molecule has 1 heterocycles. The van der Waals surface area contributed by atoms with Crippen LogP contribution in [0.5, 0.6) is 0 Å². The number of benzene rings is 2. The molecule has 1 saturated heterocycles. The molecule has 3 rings (SSSR count). The zero-order valence-corrected chi connectivity index (χ0v) is 14.1. The minimum Gasteiger partial charge on any atom is -0.371 e. The van der Waals surface area contributed by atoms with E-state index >= 15 is 0 Å². The molecule has 7 heteroatoms. The number of nitrogens with zero attached hydrogens (tertiary/aromatic N) is 1. The van der Waals surface area contributed by atoms with E-state index in [2.05, 4.69) is 10.2 Å². The highest BCUT2D eigenvalue weighted by Gasteiger charge is 2.22. The molecule has 1 N–H and O–H groups in total. The summed E-state index contributed by atoms with van der Waals surface area (Å²) >= 11 is 0. The highest BCUT2D eigenvalue weighted by Crippen LogP contribution is 2.22. The van der Waals surface area contributed by atoms with Gasteiger partial charge in [0, 0.05) is 37.8 Å². The Labute approximate surface area is 149 Å². The summed E-state index contributed by atoms with van der Waals surface area (Å²) in [6, 6.07) is 9.42. The average Bonchev–Trinajstić information content (AvgIpc) is 2.64. The van der Waals surface area contributed by atoms with Crippen LogP contribution >= 0.6 is 0 Å². The van der Waals surface area contributed by atoms with Gasteiger partial charge in [0.2, 0.25) is 5.91 Å². The SMILES string of the molecule is O=C(CCN1CCOC(c2ccc(F)cc2)C1)Nc1ccc(F)c(F)c1. The van der Waals surface area contributed by atoms with Crippen molar-refractivity contribution in [1.82, 2.24) is 4.90 Å². The minimum atomic E-state index is -1.00. The molecular formula is C19H19F3N2O2. The Morgan fingerprint density at radius 1 is 1.12 bits per heavy atom. The zero-order valence-electron chi connectivity index (χ0n) is 14.1. The molecule has 1 unspecified atom stereocenters. The molecule has 1 aliphatic rings. The van der Waals surface area contributed by atoms with E-state index in [4.69, 9.17) is 4.74 Å². The molecule has 1 amide bonds. The molecule has 26 heavy (non-hydrogen) atoms. The number of morpholine rings is 1. The Kier molecular flexibility index (Phi) is 5.90. The molecule has 0 aliphatic carbocycles. The second-order valence-electron chi connectivity index (χ2n) is 6.14. The van der Waals surface area contributed by atoms with Gasteiger partial charge in [-0.3, -0.25) is 9.69 Å². The Hall–Kier alpha value is -2.38. The summed E-state index contributed by atoms with van der Waals surface area (Å²) in [5.74, 6) is -2.53. The lowest BCUT2D eigenvalue weighted by Gasteiger charge is -2.33. The van der Waals surface area contributed by atoms with E-state index in [9.17, 15) is 18.0 Å². The summed E-state index contributed by atoms with van der Waals surface area (Å²) in [4.78, 5) is 14.1. The standard InChI is InChI=1S/C19H19F3N2O2/c20-14-3-1-13(2-4-14)18-12-24(9-10-26-18)8-7-19(25)23-15-5-6-16(21)17(22)11-15/h1-6,11,18H,7-10,12H2,(H,23,25). The van der Waals surface area contributed by atoms with Gasteiger partial charge in [0.05, 0.1) is 12.7 Å². The fourth-order valence-corrected chi connectivity index (χ4v) is 2.84. The molecule has 0 spiro atoms. The van der Waals surface area contributed by atoms with E-state index < -0.39 is 11.6 Å². The second kappa shape index (κ2) is 8.33. The van der Waals surface area contributed by atoms with E-state index in [1.165, 1.54) is 18.2 Å². The van der Waals surface area contributed by atoms with Crippen LogP contribution in [0.4, 0.5) is 18.9 Å². The molecule has 0 bridgehead atoms. The summed E-state index contributed by atoms with van der Waals surface area (Å²) in [5, 5.41) is 2.55. The minimum absolute atomic E-state index is 0.168. The molecule has 0 saturated carbocycles. The topological polar surface area (TPSA) is 41.6 Å². The number of carbonyl (C=O) groups is 1. The van der Waals surface area contributed by atoms with Crippen LogP contribution in [0.3, 0.4) is 0 Å². The van der Waals surface area contributed by atoms with E-state index in [-0.39, 0.29) is 29.9 Å². The lowest BCUT2D eigenvalue weighted by Crippen LogP contribution is -2.39. The monoisotopic (exact) mass is 364 g/mol. The first-order valence-corrected chi connectivity index (χ1v) is 8.35. The summed E-state index contributed by atoms with van der Waals surface area (Å²) in [6.07, 6.45) is 0.0494. The van der Waals surface area contributed by atoms with Crippen LogP contribution in [0.1, 0.15) is 18.1 Å². The molecular weight excluding hydrogens is 345 g/mol. The molecule has 2 aromatic carbocycles. The van der Waals surface area contributed by atoms with Gasteiger partial charge in [-0.25, -0.2) is 13.2 Å². The fourth-order valence-electron chi connectivity index (χ4n) is 2.84. The Balaban J connectivity index is 1.49. The van der Waals surface area contributed by atoms with E-state index in [0.29, 0.717) is 26.2 Å². The Morgan fingerprint density at radius 2 is 1.88 bits per heavy atom. The van der Waals surface area contributed by atoms with Crippen LogP contribution in [0.15, 0.2) is 42.5 Å². The van der Waals surface area contributed by atoms with E-state index in [1.54, 1.807) is 12.1 Å². The maximum absolute atomic E-state index is 13.2. The number of halogens is 3. The number of carbonyl (C=O) groups excluding carboxylic acids is 1. The van der Waals surface area contributed by atoms with Gasteiger partial charge in [-0.1, -0.05) is 12.1 Å². The van der Waals surface area contributed by atoms with E-state index in [1.807, 2.05) is 0 Å². The second-order valence-corrected chi connectivity index (χ2v) is 6.14. The Morgan fingerprint density at radius 3 is 2.62 bits per heavy atom. The highest BCUT2D eigenvalue weighted by molar-refractivity contribution is 5.90. The van der Waals surface area contributed by atoms with Gasteiger partial charge in [0.25, 0.3) is 0 Å². The zero-order chi connectivity index (χ0) is 18.5. The highest BCUT2D eigenvalue weighted by atomic mass is 19.2. The van der Waals surface area contributed by atoms with Crippen molar-refractivity contribution in [1.29, 1.82) is 0 Å². The van der Waals surface area contributed by atoms with Crippen LogP contribution in [-0.4, -0.2) is 37.0 Å². The maximum Gasteiger partial charge on any atom is 0.225 e. The van der Waals surface area contributed by atoms with Crippen LogP contribution < -0.4 is 5.32 Å². The number of nitrogens with one attached hydrogen (secondary N) is 1. The first-order chi connectivity index (χ1) is 12.5. The number of hydrogen-bond acceptors (Lipinski definition) is 3. The molecule has 0 radical (unpaired) electrons. The molecule has 1 atom stereocenters. The molecule has 1 aliphatic heterocycles. The molecule has 4 nitrogen and oxygen atoms in total. The van der Waals surface area contributed by atoms with Gasteiger partial charge in [-0.15, -0.1) is 0 Å². The average molecular weight is 364 g/mol. The van der Waals surface area contributed by atoms with Crippen LogP contribution in [0, 0.1) is 17.5 Å². The quantitative estimate of drug-likeness (QED) is 0.883. The van der Waals surface area contributed by atoms with Crippen LogP contribution in [-0.2, 0) is 9.53 Å². The summed E-state index contributed by atoms with van der Waals surface area (Å²) in [7, 11) is 0. The summed E-state index contributed by atoms with van der Waals surface area (Å²) in [5.41, 5.74) is 1.11. The lowest BCUT2D eigenvalue weighted by atomic mass is 10.1. The van der Waals surface area contributed by atoms with Crippen molar-refractivity contribution in [3.05, 3.63) is 65.5 Å². The van der Waals surface area contributed by atoms with Gasteiger partial charge >= 0.3 is 0 Å². The van der Waals surface area contributed by atoms with Gasteiger partial charge in [-0.2, -0.15) is 0 Å². The lowest BCUT2D eigenvalue weighted by molar-refractivity contribution is -0.117. The van der Waals surface area contributed by atoms with Gasteiger partial charge in [0.1, 0.15) is 5.82 Å². The largest absolute Gasteiger partial charge is 0.371 e. The van der Waals surface area contributed by atoms with Crippen LogP contribution in [0.25, 0.3) is 0 Å². The van der Waals surface area contributed by atoms with Crippen molar-refractivity contribution < 1.29 is 22.7 Å². The number of amides is 1. The molecule has 138 valence electrons. The summed E-state index contributed by atoms with van der Waals surface area (Å²) < 4.78 is 44.8. The van der Waals surface area contributed by atoms with Gasteiger partial charge < -0.3 is 10.1 Å². The van der Waals surface area contributed by atoms with Crippen molar-refractivity contribution in [2.45, 2.75) is 12.5 Å². The molecule has 2 aromatic rings. The Bertz CT molecular complexity index is 768. The third-order valence-corrected chi connectivity index (χ3v) is 4.25. The number of rotatable bonds is 5. The van der Waals surface area contributed by atoms with Gasteiger partial charge in [0.15, 0.2) is 11.6 Å². The van der Waals surface area contributed by atoms with Crippen molar-refractivity contribution >= 4 is 11.6 Å². The maximum atomic E-state index is 13.2. The predicted octanol–water partition coefficient (Wildman–Crippen LogP) is 3.51. The predicted molar refractivity (Wildman–Crippen MR) is 91.1 cm³/mol. The third-order valence-electron chi connectivity index (χ3n) is 4.25. The van der Waals surface area contributed by atoms with Crippen molar-refractivity contribution in [2.75, 3.05) is 31.6 Å².